The van der Waals surface area contributed by atoms with Crippen LogP contribution in [0, 0.1) is 5.92 Å². The Hall–Kier alpha value is -1.20. The first-order valence-corrected chi connectivity index (χ1v) is 6.67. The molecule has 1 aliphatic carbocycles. The van der Waals surface area contributed by atoms with Gasteiger partial charge in [-0.2, -0.15) is 0 Å². The van der Waals surface area contributed by atoms with Gasteiger partial charge in [-0.25, -0.2) is 9.97 Å². The van der Waals surface area contributed by atoms with E-state index in [1.807, 2.05) is 12.4 Å². The molecule has 2 aromatic rings. The molecule has 4 nitrogen and oxygen atoms in total. The first kappa shape index (κ1) is 10.9. The summed E-state index contributed by atoms with van der Waals surface area (Å²) < 4.78 is 5.54. The monoisotopic (exact) mass is 249 g/mol. The Labute approximate surface area is 104 Å². The Bertz CT molecular complexity index is 536. The van der Waals surface area contributed by atoms with Crippen molar-refractivity contribution in [3.63, 3.8) is 0 Å². The molecule has 0 saturated heterocycles. The third kappa shape index (κ3) is 1.89. The van der Waals surface area contributed by atoms with E-state index in [0.717, 1.165) is 21.9 Å². The molecule has 90 valence electrons. The fourth-order valence-electron chi connectivity index (χ4n) is 2.10. The molecule has 1 saturated carbocycles. The highest BCUT2D eigenvalue weighted by Gasteiger charge is 2.34. The van der Waals surface area contributed by atoms with Crippen molar-refractivity contribution in [2.24, 2.45) is 5.92 Å². The number of nitrogens with one attached hydrogen (secondary N) is 1. The average molecular weight is 249 g/mol. The molecule has 0 aliphatic heterocycles. The van der Waals surface area contributed by atoms with E-state index in [1.165, 1.54) is 12.8 Å². The number of rotatable bonds is 4. The lowest BCUT2D eigenvalue weighted by Crippen LogP contribution is -2.10. The van der Waals surface area contributed by atoms with Gasteiger partial charge < -0.3 is 10.1 Å². The second-order valence-corrected chi connectivity index (χ2v) is 5.21. The summed E-state index contributed by atoms with van der Waals surface area (Å²) in [6, 6.07) is 2.05. The van der Waals surface area contributed by atoms with E-state index in [0.29, 0.717) is 5.92 Å². The zero-order valence-electron chi connectivity index (χ0n) is 9.93. The third-order valence-electron chi connectivity index (χ3n) is 3.14. The van der Waals surface area contributed by atoms with Crippen LogP contribution in [0.5, 0.6) is 0 Å². The van der Waals surface area contributed by atoms with Crippen molar-refractivity contribution in [3.8, 4) is 0 Å². The minimum absolute atomic E-state index is 0.0496. The van der Waals surface area contributed by atoms with Crippen LogP contribution in [0.2, 0.25) is 0 Å². The smallest absolute Gasteiger partial charge is 0.161 e. The Morgan fingerprint density at radius 3 is 2.94 bits per heavy atom. The summed E-state index contributed by atoms with van der Waals surface area (Å²) in [5.74, 6) is 2.31. The minimum Gasteiger partial charge on any atom is -0.373 e. The first-order chi connectivity index (χ1) is 8.33. The summed E-state index contributed by atoms with van der Waals surface area (Å²) in [7, 11) is 3.63. The Balaban J connectivity index is 2.09. The van der Waals surface area contributed by atoms with Gasteiger partial charge in [-0.3, -0.25) is 0 Å². The van der Waals surface area contributed by atoms with E-state index in [4.69, 9.17) is 4.74 Å². The van der Waals surface area contributed by atoms with Crippen LogP contribution in [0.1, 0.15) is 24.8 Å². The van der Waals surface area contributed by atoms with E-state index in [-0.39, 0.29) is 6.10 Å². The summed E-state index contributed by atoms with van der Waals surface area (Å²) in [4.78, 5) is 10.2. The highest BCUT2D eigenvalue weighted by molar-refractivity contribution is 7.16. The maximum absolute atomic E-state index is 5.54. The van der Waals surface area contributed by atoms with E-state index < -0.39 is 0 Å². The number of ether oxygens (including phenoxy) is 1. The topological polar surface area (TPSA) is 47.0 Å². The summed E-state index contributed by atoms with van der Waals surface area (Å²) in [6.45, 7) is 0. The van der Waals surface area contributed by atoms with Crippen LogP contribution >= 0.6 is 11.3 Å². The third-order valence-corrected chi connectivity index (χ3v) is 3.94. The molecule has 0 aromatic carbocycles. The predicted octanol–water partition coefficient (Wildman–Crippen LogP) is 2.83. The van der Waals surface area contributed by atoms with Crippen LogP contribution in [-0.2, 0) is 4.74 Å². The minimum atomic E-state index is 0.0496. The maximum Gasteiger partial charge on any atom is 0.161 e. The Morgan fingerprint density at radius 2 is 2.29 bits per heavy atom. The number of hydrogen-bond acceptors (Lipinski definition) is 5. The quantitative estimate of drug-likeness (QED) is 0.905. The molecule has 1 aliphatic rings. The highest BCUT2D eigenvalue weighted by Crippen LogP contribution is 2.42. The SMILES string of the molecule is CNc1nc(C(OC)C2CC2)nc2sccc12. The van der Waals surface area contributed by atoms with Crippen LogP contribution in [0.25, 0.3) is 10.2 Å². The molecule has 0 radical (unpaired) electrons. The van der Waals surface area contributed by atoms with Crippen molar-refractivity contribution in [1.82, 2.24) is 9.97 Å². The van der Waals surface area contributed by atoms with Crippen molar-refractivity contribution in [3.05, 3.63) is 17.3 Å². The van der Waals surface area contributed by atoms with E-state index in [1.54, 1.807) is 18.4 Å². The van der Waals surface area contributed by atoms with Gasteiger partial charge in [-0.05, 0) is 30.2 Å². The van der Waals surface area contributed by atoms with E-state index >= 15 is 0 Å². The normalized spacial score (nSPS) is 17.3. The number of methoxy groups -OCH3 is 1. The molecule has 3 rings (SSSR count). The highest BCUT2D eigenvalue weighted by atomic mass is 32.1. The number of nitrogens with zero attached hydrogens (tertiary/aromatic N) is 2. The molecule has 1 fully saturated rings. The molecule has 0 bridgehead atoms. The number of fused-ring (bicyclic) bond motifs is 1. The van der Waals surface area contributed by atoms with E-state index in [2.05, 4.69) is 21.4 Å². The molecular weight excluding hydrogens is 234 g/mol. The standard InChI is InChI=1S/C12H15N3OS/c1-13-10-8-5-6-17-12(8)15-11(14-10)9(16-2)7-3-4-7/h5-7,9H,3-4H2,1-2H3,(H,13,14,15). The predicted molar refractivity (Wildman–Crippen MR) is 69.4 cm³/mol. The summed E-state index contributed by atoms with van der Waals surface area (Å²) >= 11 is 1.64. The van der Waals surface area contributed by atoms with Gasteiger partial charge in [-0.1, -0.05) is 0 Å². The van der Waals surface area contributed by atoms with Crippen LogP contribution in [0.15, 0.2) is 11.4 Å². The Kier molecular flexibility index (Phi) is 2.72. The zero-order chi connectivity index (χ0) is 11.8. The summed E-state index contributed by atoms with van der Waals surface area (Å²) in [6.07, 6.45) is 2.49. The number of anilines is 1. The largest absolute Gasteiger partial charge is 0.373 e. The van der Waals surface area contributed by atoms with Gasteiger partial charge in [-0.15, -0.1) is 11.3 Å². The summed E-state index contributed by atoms with van der Waals surface area (Å²) in [5, 5.41) is 6.27. The zero-order valence-corrected chi connectivity index (χ0v) is 10.8. The molecule has 1 atom stereocenters. The van der Waals surface area contributed by atoms with Gasteiger partial charge in [0, 0.05) is 14.2 Å². The van der Waals surface area contributed by atoms with Gasteiger partial charge in [0.05, 0.1) is 5.39 Å². The van der Waals surface area contributed by atoms with E-state index in [9.17, 15) is 0 Å². The van der Waals surface area contributed by atoms with Crippen molar-refractivity contribution in [2.45, 2.75) is 18.9 Å². The number of hydrogen-bond donors (Lipinski definition) is 1. The maximum atomic E-state index is 5.54. The van der Waals surface area contributed by atoms with Crippen LogP contribution in [0.3, 0.4) is 0 Å². The van der Waals surface area contributed by atoms with Crippen LogP contribution in [-0.4, -0.2) is 24.1 Å². The van der Waals surface area contributed by atoms with Gasteiger partial charge in [0.1, 0.15) is 16.8 Å². The van der Waals surface area contributed by atoms with Gasteiger partial charge >= 0.3 is 0 Å². The first-order valence-electron chi connectivity index (χ1n) is 5.79. The molecule has 17 heavy (non-hydrogen) atoms. The van der Waals surface area contributed by atoms with Crippen LogP contribution < -0.4 is 5.32 Å². The number of thiophene rings is 1. The molecule has 5 heteroatoms. The molecular formula is C12H15N3OS. The second-order valence-electron chi connectivity index (χ2n) is 4.31. The fraction of sp³-hybridized carbons (Fsp3) is 0.500. The molecule has 0 spiro atoms. The van der Waals surface area contributed by atoms with Gasteiger partial charge in [0.25, 0.3) is 0 Å². The Morgan fingerprint density at radius 1 is 1.47 bits per heavy atom. The molecule has 0 amide bonds. The molecule has 1 N–H and O–H groups in total. The molecule has 2 heterocycles. The van der Waals surface area contributed by atoms with Crippen LogP contribution in [0.4, 0.5) is 5.82 Å². The average Bonchev–Trinajstić information content (AvgIpc) is 3.06. The fourth-order valence-corrected chi connectivity index (χ4v) is 2.87. The second kappa shape index (κ2) is 4.23. The lowest BCUT2D eigenvalue weighted by molar-refractivity contribution is 0.0777. The van der Waals surface area contributed by atoms with Crippen molar-refractivity contribution in [1.29, 1.82) is 0 Å². The lowest BCUT2D eigenvalue weighted by atomic mass is 10.2. The van der Waals surface area contributed by atoms with Crippen molar-refractivity contribution in [2.75, 3.05) is 19.5 Å². The lowest BCUT2D eigenvalue weighted by Gasteiger charge is -2.14. The van der Waals surface area contributed by atoms with Gasteiger partial charge in [0.2, 0.25) is 0 Å². The summed E-state index contributed by atoms with van der Waals surface area (Å²) in [5.41, 5.74) is 0. The molecule has 2 aromatic heterocycles. The van der Waals surface area contributed by atoms with Crippen molar-refractivity contribution >= 4 is 27.4 Å². The van der Waals surface area contributed by atoms with Gasteiger partial charge in [0.15, 0.2) is 5.82 Å². The number of aromatic nitrogens is 2. The molecule has 1 unspecified atom stereocenters. The van der Waals surface area contributed by atoms with Crippen molar-refractivity contribution < 1.29 is 4.74 Å².